The highest BCUT2D eigenvalue weighted by Crippen LogP contribution is 2.35. The monoisotopic (exact) mass is 489 g/mol. The lowest BCUT2D eigenvalue weighted by atomic mass is 10.1. The molecule has 190 valence electrons. The molecule has 6 heterocycles. The number of aryl methyl sites for hydroxylation is 1. The lowest BCUT2D eigenvalue weighted by molar-refractivity contribution is 0.0656. The van der Waals surface area contributed by atoms with E-state index in [9.17, 15) is 0 Å². The van der Waals surface area contributed by atoms with Crippen LogP contribution in [-0.4, -0.2) is 68.7 Å². The smallest absolute Gasteiger partial charge is 0.162 e. The van der Waals surface area contributed by atoms with E-state index in [1.807, 2.05) is 18.3 Å². The van der Waals surface area contributed by atoms with Gasteiger partial charge >= 0.3 is 0 Å². The molecule has 9 heteroatoms. The van der Waals surface area contributed by atoms with Crippen LogP contribution in [0.25, 0.3) is 33.7 Å². The van der Waals surface area contributed by atoms with Gasteiger partial charge in [0.05, 0.1) is 36.7 Å². The third kappa shape index (κ3) is 4.26. The zero-order valence-corrected chi connectivity index (χ0v) is 20.5. The molecule has 36 heavy (non-hydrogen) atoms. The van der Waals surface area contributed by atoms with Gasteiger partial charge in [0.1, 0.15) is 11.5 Å². The van der Waals surface area contributed by atoms with Crippen molar-refractivity contribution < 1.29 is 9.47 Å². The summed E-state index contributed by atoms with van der Waals surface area (Å²) in [7, 11) is 0. The lowest BCUT2D eigenvalue weighted by Gasteiger charge is -2.34. The summed E-state index contributed by atoms with van der Waals surface area (Å²) < 4.78 is 13.5. The van der Waals surface area contributed by atoms with Crippen molar-refractivity contribution in [1.82, 2.24) is 29.7 Å². The first-order chi connectivity index (χ1) is 17.1. The zero-order valence-electron chi connectivity index (χ0n) is 20.5. The van der Waals surface area contributed by atoms with E-state index < -0.39 is 0 Å². The van der Waals surface area contributed by atoms with E-state index in [1.165, 1.54) is 0 Å². The van der Waals surface area contributed by atoms with Crippen LogP contribution in [0.2, 0.25) is 0 Å². The van der Waals surface area contributed by atoms with Crippen molar-refractivity contribution in [2.75, 3.05) is 37.9 Å². The molecule has 0 amide bonds. The molecule has 9 nitrogen and oxygen atoms in total. The molecule has 1 atom stereocenters. The number of nitrogens with zero attached hydrogens (tertiary/aromatic N) is 6. The number of aromatic nitrogens is 6. The Morgan fingerprint density at radius 1 is 1.06 bits per heavy atom. The number of morpholine rings is 1. The van der Waals surface area contributed by atoms with Gasteiger partial charge in [-0.2, -0.15) is 5.10 Å². The summed E-state index contributed by atoms with van der Waals surface area (Å²) in [4.78, 5) is 20.2. The van der Waals surface area contributed by atoms with Crippen LogP contribution in [0.5, 0.6) is 0 Å². The average molecular weight is 490 g/mol. The lowest BCUT2D eigenvalue weighted by Crippen LogP contribution is -2.44. The highest BCUT2D eigenvalue weighted by molar-refractivity contribution is 5.91. The van der Waals surface area contributed by atoms with Crippen LogP contribution in [0, 0.1) is 13.8 Å². The summed E-state index contributed by atoms with van der Waals surface area (Å²) in [6.45, 7) is 10.1. The van der Waals surface area contributed by atoms with E-state index in [-0.39, 0.29) is 13.5 Å². The van der Waals surface area contributed by atoms with E-state index >= 15 is 0 Å². The molecule has 2 fully saturated rings. The number of aromatic amines is 1. The van der Waals surface area contributed by atoms with Crippen molar-refractivity contribution in [1.29, 1.82) is 0 Å². The fraction of sp³-hybridized carbons (Fsp3) is 0.481. The molecule has 1 N–H and O–H groups in total. The quantitative estimate of drug-likeness (QED) is 0.443. The van der Waals surface area contributed by atoms with E-state index in [0.717, 1.165) is 77.7 Å². The molecule has 2 aliphatic heterocycles. The summed E-state index contributed by atoms with van der Waals surface area (Å²) in [5.41, 5.74) is 5.91. The van der Waals surface area contributed by atoms with Crippen LogP contribution in [-0.2, 0) is 9.47 Å². The number of anilines is 1. The van der Waals surface area contributed by atoms with Crippen LogP contribution in [0.1, 0.15) is 44.6 Å². The van der Waals surface area contributed by atoms with Crippen molar-refractivity contribution in [2.24, 2.45) is 0 Å². The van der Waals surface area contributed by atoms with Gasteiger partial charge in [0, 0.05) is 60.4 Å². The highest BCUT2D eigenvalue weighted by Gasteiger charge is 2.26. The van der Waals surface area contributed by atoms with Crippen molar-refractivity contribution in [3.05, 3.63) is 42.0 Å². The Bertz CT molecular complexity index is 1360. The first kappa shape index (κ1) is 24.4. The molecule has 0 aromatic carbocycles. The summed E-state index contributed by atoms with van der Waals surface area (Å²) in [6.07, 6.45) is 5.67. The maximum Gasteiger partial charge on any atom is 0.162 e. The molecular formula is C27H35N7O2. The van der Waals surface area contributed by atoms with Gasteiger partial charge in [-0.25, -0.2) is 15.0 Å². The molecular weight excluding hydrogens is 454 g/mol. The summed E-state index contributed by atoms with van der Waals surface area (Å²) in [5.74, 6) is 1.61. The number of ether oxygens (including phenoxy) is 2. The Labute approximate surface area is 211 Å². The fourth-order valence-corrected chi connectivity index (χ4v) is 5.37. The van der Waals surface area contributed by atoms with Gasteiger partial charge in [0.25, 0.3) is 0 Å². The van der Waals surface area contributed by atoms with E-state index in [0.29, 0.717) is 25.1 Å². The minimum absolute atomic E-state index is 0. The number of pyridine rings is 1. The Kier molecular flexibility index (Phi) is 6.77. The van der Waals surface area contributed by atoms with Crippen LogP contribution >= 0.6 is 0 Å². The van der Waals surface area contributed by atoms with Gasteiger partial charge in [-0.1, -0.05) is 7.43 Å². The second-order valence-corrected chi connectivity index (χ2v) is 9.48. The molecule has 0 radical (unpaired) electrons. The van der Waals surface area contributed by atoms with Crippen LogP contribution < -0.4 is 4.90 Å². The Hall–Kier alpha value is -3.30. The molecule has 6 rings (SSSR count). The molecule has 0 aliphatic carbocycles. The van der Waals surface area contributed by atoms with Gasteiger partial charge in [0.15, 0.2) is 5.82 Å². The van der Waals surface area contributed by atoms with Crippen molar-refractivity contribution in [2.45, 2.75) is 53.1 Å². The van der Waals surface area contributed by atoms with Crippen molar-refractivity contribution in [3.8, 4) is 22.6 Å². The first-order valence-corrected chi connectivity index (χ1v) is 12.4. The van der Waals surface area contributed by atoms with Crippen LogP contribution in [0.15, 0.2) is 30.6 Å². The van der Waals surface area contributed by atoms with E-state index in [4.69, 9.17) is 24.5 Å². The van der Waals surface area contributed by atoms with Gasteiger partial charge in [-0.15, -0.1) is 0 Å². The van der Waals surface area contributed by atoms with Gasteiger partial charge in [-0.05, 0) is 45.7 Å². The fourth-order valence-electron chi connectivity index (χ4n) is 5.37. The second kappa shape index (κ2) is 9.99. The largest absolute Gasteiger partial charge is 0.381 e. The van der Waals surface area contributed by atoms with Gasteiger partial charge in [0.2, 0.25) is 0 Å². The minimum Gasteiger partial charge on any atom is -0.381 e. The summed E-state index contributed by atoms with van der Waals surface area (Å²) >= 11 is 0. The number of nitrogens with one attached hydrogen (secondary N) is 1. The Morgan fingerprint density at radius 3 is 2.69 bits per heavy atom. The first-order valence-electron chi connectivity index (χ1n) is 12.4. The normalized spacial score (nSPS) is 19.0. The number of H-pyrrole nitrogens is 1. The summed E-state index contributed by atoms with van der Waals surface area (Å²) in [6, 6.07) is 6.73. The SMILES string of the molecule is C.Cc1nn(C2CCOCC2)c(C)c1-c1cc(N2CCOC[C@H]2C)nc(-c2ccnc3[nH]ccc23)n1. The topological polar surface area (TPSA) is 94.0 Å². The van der Waals surface area contributed by atoms with Gasteiger partial charge < -0.3 is 19.4 Å². The molecule has 2 saturated heterocycles. The molecule has 2 aliphatic rings. The third-order valence-electron chi connectivity index (χ3n) is 7.19. The molecule has 0 saturated carbocycles. The predicted molar refractivity (Wildman–Crippen MR) is 141 cm³/mol. The molecule has 4 aromatic rings. The number of hydrogen-bond acceptors (Lipinski definition) is 7. The summed E-state index contributed by atoms with van der Waals surface area (Å²) in [5, 5.41) is 5.97. The third-order valence-corrected chi connectivity index (χ3v) is 7.19. The molecule has 0 spiro atoms. The maximum atomic E-state index is 5.70. The maximum absolute atomic E-state index is 5.70. The number of hydrogen-bond donors (Lipinski definition) is 1. The molecule has 0 bridgehead atoms. The van der Waals surface area contributed by atoms with E-state index in [1.54, 1.807) is 6.20 Å². The number of fused-ring (bicyclic) bond motifs is 1. The van der Waals surface area contributed by atoms with Crippen molar-refractivity contribution in [3.63, 3.8) is 0 Å². The number of rotatable bonds is 4. The zero-order chi connectivity index (χ0) is 23.9. The second-order valence-electron chi connectivity index (χ2n) is 9.48. The van der Waals surface area contributed by atoms with Crippen LogP contribution in [0.3, 0.4) is 0 Å². The Balaban J connectivity index is 0.00000267. The molecule has 0 unspecified atom stereocenters. The van der Waals surface area contributed by atoms with Crippen LogP contribution in [0.4, 0.5) is 5.82 Å². The predicted octanol–water partition coefficient (Wildman–Crippen LogP) is 4.71. The Morgan fingerprint density at radius 2 is 1.89 bits per heavy atom. The van der Waals surface area contributed by atoms with Crippen molar-refractivity contribution >= 4 is 16.9 Å². The van der Waals surface area contributed by atoms with Gasteiger partial charge in [-0.3, -0.25) is 4.68 Å². The average Bonchev–Trinajstić information content (AvgIpc) is 3.48. The highest BCUT2D eigenvalue weighted by atomic mass is 16.5. The minimum atomic E-state index is 0. The standard InChI is InChI=1S/C26H31N7O2.CH4/c1-16-15-35-13-10-32(16)23-14-22(24-17(2)31-33(18(24)3)19-6-11-34-12-7-19)29-26(30-23)21-5-9-28-25-20(21)4-8-27-25;/h4-5,8-9,14,16,19H,6-7,10-13,15H2,1-3H3,(H,27,28);1H4/t16-;/m1./s1. The van der Waals surface area contributed by atoms with E-state index in [2.05, 4.69) is 46.4 Å². The molecule has 4 aromatic heterocycles.